The van der Waals surface area contributed by atoms with Gasteiger partial charge in [0.15, 0.2) is 0 Å². The first-order valence-electron chi connectivity index (χ1n) is 6.16. The number of aryl methyl sites for hydroxylation is 1. The zero-order valence-electron chi connectivity index (χ0n) is 10.8. The Morgan fingerprint density at radius 1 is 1.28 bits per heavy atom. The molecule has 1 heterocycles. The summed E-state index contributed by atoms with van der Waals surface area (Å²) in [7, 11) is 1.96. The topological polar surface area (TPSA) is 50.1 Å². The number of hydrogen-bond donors (Lipinski definition) is 2. The molecule has 1 aromatic carbocycles. The second kappa shape index (κ2) is 5.69. The highest BCUT2D eigenvalue weighted by Crippen LogP contribution is 2.16. The van der Waals surface area contributed by atoms with Crippen molar-refractivity contribution < 1.29 is 5.11 Å². The molecule has 0 bridgehead atoms. The van der Waals surface area contributed by atoms with Gasteiger partial charge in [0.1, 0.15) is 5.75 Å². The Labute approximate surface area is 107 Å². The predicted octanol–water partition coefficient (Wildman–Crippen LogP) is 2.02. The molecule has 1 atom stereocenters. The molecule has 4 heteroatoms. The maximum atomic E-state index is 9.24. The summed E-state index contributed by atoms with van der Waals surface area (Å²) in [5.41, 5.74) is 2.40. The van der Waals surface area contributed by atoms with Crippen molar-refractivity contribution in [1.82, 2.24) is 15.1 Å². The van der Waals surface area contributed by atoms with Crippen molar-refractivity contribution in [1.29, 1.82) is 0 Å². The van der Waals surface area contributed by atoms with Crippen LogP contribution in [-0.4, -0.2) is 21.4 Å². The summed E-state index contributed by atoms with van der Waals surface area (Å²) in [6, 6.07) is 9.63. The Kier molecular flexibility index (Phi) is 3.99. The number of benzene rings is 1. The number of nitrogens with one attached hydrogen (secondary N) is 1. The zero-order valence-corrected chi connectivity index (χ0v) is 10.8. The van der Waals surface area contributed by atoms with Gasteiger partial charge in [-0.05, 0) is 30.7 Å². The van der Waals surface area contributed by atoms with Gasteiger partial charge >= 0.3 is 0 Å². The summed E-state index contributed by atoms with van der Waals surface area (Å²) < 4.78 is 1.90. The molecule has 0 saturated carbocycles. The zero-order chi connectivity index (χ0) is 13.0. The first-order chi connectivity index (χ1) is 8.66. The summed E-state index contributed by atoms with van der Waals surface area (Å²) in [5, 5.41) is 16.8. The normalized spacial score (nSPS) is 12.6. The fourth-order valence-electron chi connectivity index (χ4n) is 1.94. The molecule has 0 aliphatic carbocycles. The standard InChI is InChI=1S/C14H19N3O/c1-11(12-3-5-14(18)6-4-12)15-9-7-13-8-10-16-17(13)2/h3-6,8,10-11,15,18H,7,9H2,1-2H3. The van der Waals surface area contributed by atoms with Crippen molar-refractivity contribution in [2.45, 2.75) is 19.4 Å². The van der Waals surface area contributed by atoms with Gasteiger partial charge in [-0.2, -0.15) is 5.10 Å². The maximum Gasteiger partial charge on any atom is 0.115 e. The second-order valence-corrected chi connectivity index (χ2v) is 4.46. The average Bonchev–Trinajstić information content (AvgIpc) is 2.76. The minimum absolute atomic E-state index is 0.277. The summed E-state index contributed by atoms with van der Waals surface area (Å²) in [4.78, 5) is 0. The van der Waals surface area contributed by atoms with Gasteiger partial charge in [-0.15, -0.1) is 0 Å². The van der Waals surface area contributed by atoms with E-state index in [-0.39, 0.29) is 6.04 Å². The fraction of sp³-hybridized carbons (Fsp3) is 0.357. The number of hydrogen-bond acceptors (Lipinski definition) is 3. The summed E-state index contributed by atoms with van der Waals surface area (Å²) >= 11 is 0. The van der Waals surface area contributed by atoms with Crippen molar-refractivity contribution in [3.05, 3.63) is 47.8 Å². The number of aromatic hydroxyl groups is 1. The minimum Gasteiger partial charge on any atom is -0.508 e. The quantitative estimate of drug-likeness (QED) is 0.847. The molecule has 1 unspecified atom stereocenters. The van der Waals surface area contributed by atoms with Crippen LogP contribution < -0.4 is 5.32 Å². The lowest BCUT2D eigenvalue weighted by atomic mass is 10.1. The summed E-state index contributed by atoms with van der Waals surface area (Å²) in [5.74, 6) is 0.306. The van der Waals surface area contributed by atoms with E-state index in [4.69, 9.17) is 0 Å². The first-order valence-corrected chi connectivity index (χ1v) is 6.16. The largest absolute Gasteiger partial charge is 0.508 e. The van der Waals surface area contributed by atoms with Gasteiger partial charge in [0.2, 0.25) is 0 Å². The monoisotopic (exact) mass is 245 g/mol. The SMILES string of the molecule is CC(NCCc1ccnn1C)c1ccc(O)cc1. The van der Waals surface area contributed by atoms with E-state index in [1.807, 2.05) is 36.1 Å². The Morgan fingerprint density at radius 2 is 2.00 bits per heavy atom. The Balaban J connectivity index is 1.83. The third-order valence-corrected chi connectivity index (χ3v) is 3.15. The van der Waals surface area contributed by atoms with Crippen molar-refractivity contribution >= 4 is 0 Å². The molecular weight excluding hydrogens is 226 g/mol. The van der Waals surface area contributed by atoms with Crippen LogP contribution in [0.25, 0.3) is 0 Å². The molecular formula is C14H19N3O. The molecule has 1 aromatic heterocycles. The lowest BCUT2D eigenvalue weighted by molar-refractivity contribution is 0.474. The van der Waals surface area contributed by atoms with Gasteiger partial charge in [-0.3, -0.25) is 4.68 Å². The van der Waals surface area contributed by atoms with E-state index in [1.54, 1.807) is 12.1 Å². The molecule has 4 nitrogen and oxygen atoms in total. The number of phenolic OH excluding ortho intramolecular Hbond substituents is 1. The molecule has 0 saturated heterocycles. The maximum absolute atomic E-state index is 9.24. The van der Waals surface area contributed by atoms with Gasteiger partial charge in [0.25, 0.3) is 0 Å². The second-order valence-electron chi connectivity index (χ2n) is 4.46. The fourth-order valence-corrected chi connectivity index (χ4v) is 1.94. The highest BCUT2D eigenvalue weighted by Gasteiger charge is 2.05. The summed E-state index contributed by atoms with van der Waals surface area (Å²) in [6.45, 7) is 3.03. The minimum atomic E-state index is 0.277. The van der Waals surface area contributed by atoms with Gasteiger partial charge in [0.05, 0.1) is 0 Å². The highest BCUT2D eigenvalue weighted by atomic mass is 16.3. The third kappa shape index (κ3) is 3.11. The van der Waals surface area contributed by atoms with E-state index in [0.717, 1.165) is 13.0 Å². The number of phenols is 1. The summed E-state index contributed by atoms with van der Waals surface area (Å²) in [6.07, 6.45) is 2.78. The molecule has 2 N–H and O–H groups in total. The van der Waals surface area contributed by atoms with Crippen LogP contribution in [-0.2, 0) is 13.5 Å². The molecule has 0 fully saturated rings. The van der Waals surface area contributed by atoms with Gasteiger partial charge < -0.3 is 10.4 Å². The molecule has 0 aliphatic rings. The van der Waals surface area contributed by atoms with Crippen LogP contribution in [0.15, 0.2) is 36.5 Å². The number of nitrogens with zero attached hydrogens (tertiary/aromatic N) is 2. The molecule has 96 valence electrons. The van der Waals surface area contributed by atoms with Crippen molar-refractivity contribution in [2.24, 2.45) is 7.05 Å². The Hall–Kier alpha value is -1.81. The van der Waals surface area contributed by atoms with E-state index in [2.05, 4.69) is 17.3 Å². The lowest BCUT2D eigenvalue weighted by Gasteiger charge is -2.14. The average molecular weight is 245 g/mol. The van der Waals surface area contributed by atoms with Crippen LogP contribution in [0.3, 0.4) is 0 Å². The van der Waals surface area contributed by atoms with E-state index in [9.17, 15) is 5.11 Å². The Bertz CT molecular complexity index is 490. The van der Waals surface area contributed by atoms with Crippen LogP contribution in [0.5, 0.6) is 5.75 Å². The van der Waals surface area contributed by atoms with E-state index < -0.39 is 0 Å². The number of rotatable bonds is 5. The van der Waals surface area contributed by atoms with E-state index in [1.165, 1.54) is 11.3 Å². The van der Waals surface area contributed by atoms with Crippen LogP contribution in [0.4, 0.5) is 0 Å². The van der Waals surface area contributed by atoms with Gasteiger partial charge in [0, 0.05) is 37.9 Å². The van der Waals surface area contributed by atoms with Crippen LogP contribution in [0, 0.1) is 0 Å². The number of aromatic nitrogens is 2. The molecule has 0 amide bonds. The van der Waals surface area contributed by atoms with Gasteiger partial charge in [-0.1, -0.05) is 12.1 Å². The Morgan fingerprint density at radius 3 is 2.61 bits per heavy atom. The van der Waals surface area contributed by atoms with E-state index >= 15 is 0 Å². The molecule has 0 radical (unpaired) electrons. The lowest BCUT2D eigenvalue weighted by Crippen LogP contribution is -2.22. The molecule has 2 rings (SSSR count). The van der Waals surface area contributed by atoms with Crippen LogP contribution in [0.2, 0.25) is 0 Å². The van der Waals surface area contributed by atoms with Crippen molar-refractivity contribution in [2.75, 3.05) is 6.54 Å². The highest BCUT2D eigenvalue weighted by molar-refractivity contribution is 5.27. The molecule has 2 aromatic rings. The molecule has 0 aliphatic heterocycles. The van der Waals surface area contributed by atoms with Crippen LogP contribution in [0.1, 0.15) is 24.2 Å². The smallest absolute Gasteiger partial charge is 0.115 e. The first kappa shape index (κ1) is 12.6. The predicted molar refractivity (Wildman–Crippen MR) is 71.4 cm³/mol. The molecule has 18 heavy (non-hydrogen) atoms. The van der Waals surface area contributed by atoms with Crippen molar-refractivity contribution in [3.8, 4) is 5.75 Å². The van der Waals surface area contributed by atoms with Crippen LogP contribution >= 0.6 is 0 Å². The van der Waals surface area contributed by atoms with Crippen molar-refractivity contribution in [3.63, 3.8) is 0 Å². The van der Waals surface area contributed by atoms with Gasteiger partial charge in [-0.25, -0.2) is 0 Å². The molecule has 0 spiro atoms. The van der Waals surface area contributed by atoms with E-state index in [0.29, 0.717) is 5.75 Å². The third-order valence-electron chi connectivity index (χ3n) is 3.15.